The van der Waals surface area contributed by atoms with E-state index < -0.39 is 33.8 Å². The van der Waals surface area contributed by atoms with Crippen molar-refractivity contribution in [3.63, 3.8) is 0 Å². The zero-order chi connectivity index (χ0) is 32.9. The molecule has 0 spiro atoms. The number of aryl methyl sites for hydroxylation is 1. The van der Waals surface area contributed by atoms with Gasteiger partial charge in [-0.3, -0.25) is 0 Å². The molecule has 0 saturated heterocycles. The summed E-state index contributed by atoms with van der Waals surface area (Å²) in [6, 6.07) is 16.8. The predicted octanol–water partition coefficient (Wildman–Crippen LogP) is 8.61. The SMILES string of the molecule is Cc1nc(-c2cc(-c3cccc(S(C)(=O)=O)c3)ccc2-n2nc(C(F)(F)F)cc2C(C)C)c(-c2ccc(OC(F)(F)F)cc2)o1. The minimum Gasteiger partial charge on any atom is -0.440 e. The summed E-state index contributed by atoms with van der Waals surface area (Å²) in [6.07, 6.45) is -8.55. The molecule has 45 heavy (non-hydrogen) atoms. The van der Waals surface area contributed by atoms with E-state index in [9.17, 15) is 34.8 Å². The van der Waals surface area contributed by atoms with Gasteiger partial charge in [0.15, 0.2) is 27.2 Å². The Kier molecular flexibility index (Phi) is 8.06. The van der Waals surface area contributed by atoms with Crippen LogP contribution in [0.1, 0.15) is 37.0 Å². The van der Waals surface area contributed by atoms with E-state index in [1.165, 1.54) is 28.9 Å². The average Bonchev–Trinajstić information content (AvgIpc) is 3.57. The summed E-state index contributed by atoms with van der Waals surface area (Å²) in [5.74, 6) is -0.544. The first kappa shape index (κ1) is 31.8. The van der Waals surface area contributed by atoms with Gasteiger partial charge >= 0.3 is 12.5 Å². The van der Waals surface area contributed by atoms with E-state index in [0.717, 1.165) is 24.5 Å². The lowest BCUT2D eigenvalue weighted by molar-refractivity contribution is -0.274. The number of benzene rings is 3. The van der Waals surface area contributed by atoms with Gasteiger partial charge in [-0.15, -0.1) is 13.2 Å². The van der Waals surface area contributed by atoms with Gasteiger partial charge in [-0.2, -0.15) is 18.3 Å². The summed E-state index contributed by atoms with van der Waals surface area (Å²) in [7, 11) is -3.56. The molecule has 0 aliphatic rings. The van der Waals surface area contributed by atoms with Crippen LogP contribution in [0.15, 0.2) is 82.1 Å². The smallest absolute Gasteiger partial charge is 0.440 e. The Hall–Kier alpha value is -4.59. The summed E-state index contributed by atoms with van der Waals surface area (Å²) in [5, 5.41) is 3.89. The maximum absolute atomic E-state index is 13.8. The number of alkyl halides is 6. The molecule has 0 radical (unpaired) electrons. The molecule has 0 bridgehead atoms. The van der Waals surface area contributed by atoms with E-state index in [2.05, 4.69) is 14.8 Å². The molecule has 3 aromatic carbocycles. The number of hydrogen-bond acceptors (Lipinski definition) is 6. The number of hydrogen-bond donors (Lipinski definition) is 0. The van der Waals surface area contributed by atoms with Crippen molar-refractivity contribution in [3.05, 3.63) is 90.1 Å². The summed E-state index contributed by atoms with van der Waals surface area (Å²) < 4.78 is 115. The lowest BCUT2D eigenvalue weighted by atomic mass is 9.97. The highest BCUT2D eigenvalue weighted by Gasteiger charge is 2.36. The van der Waals surface area contributed by atoms with Crippen LogP contribution in [0.3, 0.4) is 0 Å². The minimum atomic E-state index is -4.90. The van der Waals surface area contributed by atoms with E-state index in [1.54, 1.807) is 51.1 Å². The number of sulfone groups is 1. The van der Waals surface area contributed by atoms with Crippen LogP contribution in [0.25, 0.3) is 39.4 Å². The lowest BCUT2D eigenvalue weighted by Gasteiger charge is -2.16. The van der Waals surface area contributed by atoms with Crippen molar-refractivity contribution in [2.75, 3.05) is 6.26 Å². The Morgan fingerprint density at radius 1 is 0.867 bits per heavy atom. The molecule has 5 aromatic rings. The van der Waals surface area contributed by atoms with Crippen molar-refractivity contribution < 1.29 is 43.9 Å². The van der Waals surface area contributed by atoms with Crippen molar-refractivity contribution >= 4 is 9.84 Å². The Morgan fingerprint density at radius 2 is 1.51 bits per heavy atom. The monoisotopic (exact) mass is 649 g/mol. The molecular formula is C31H25F6N3O4S. The summed E-state index contributed by atoms with van der Waals surface area (Å²) in [6.45, 7) is 4.98. The van der Waals surface area contributed by atoms with Crippen molar-refractivity contribution in [1.29, 1.82) is 0 Å². The summed E-state index contributed by atoms with van der Waals surface area (Å²) >= 11 is 0. The van der Waals surface area contributed by atoms with E-state index >= 15 is 0 Å². The van der Waals surface area contributed by atoms with Gasteiger partial charge < -0.3 is 9.15 Å². The van der Waals surface area contributed by atoms with Crippen LogP contribution in [0, 0.1) is 6.92 Å². The van der Waals surface area contributed by atoms with Gasteiger partial charge in [-0.25, -0.2) is 18.1 Å². The molecule has 0 saturated carbocycles. The molecule has 7 nitrogen and oxygen atoms in total. The first-order chi connectivity index (χ1) is 20.9. The largest absolute Gasteiger partial charge is 0.573 e. The quantitative estimate of drug-likeness (QED) is 0.164. The van der Waals surface area contributed by atoms with E-state index in [4.69, 9.17) is 4.42 Å². The van der Waals surface area contributed by atoms with Crippen LogP contribution in [-0.4, -0.2) is 35.8 Å². The van der Waals surface area contributed by atoms with Gasteiger partial charge in [0.1, 0.15) is 11.4 Å². The van der Waals surface area contributed by atoms with Crippen molar-refractivity contribution in [1.82, 2.24) is 14.8 Å². The molecule has 0 aliphatic heterocycles. The van der Waals surface area contributed by atoms with Crippen molar-refractivity contribution in [3.8, 4) is 45.1 Å². The second-order valence-corrected chi connectivity index (χ2v) is 12.5. The first-order valence-corrected chi connectivity index (χ1v) is 15.3. The van der Waals surface area contributed by atoms with Crippen LogP contribution in [-0.2, 0) is 16.0 Å². The number of aromatic nitrogens is 3. The third-order valence-electron chi connectivity index (χ3n) is 6.78. The molecule has 5 rings (SSSR count). The number of nitrogens with zero attached hydrogens (tertiary/aromatic N) is 3. The Balaban J connectivity index is 1.75. The third-order valence-corrected chi connectivity index (χ3v) is 7.89. The van der Waals surface area contributed by atoms with Gasteiger partial charge in [-0.05, 0) is 71.6 Å². The Bertz CT molecular complexity index is 1980. The molecule has 0 aliphatic carbocycles. The van der Waals surface area contributed by atoms with E-state index in [0.29, 0.717) is 16.7 Å². The molecule has 14 heteroatoms. The number of ether oxygens (including phenoxy) is 1. The molecule has 0 N–H and O–H groups in total. The van der Waals surface area contributed by atoms with Gasteiger partial charge in [0.25, 0.3) is 0 Å². The van der Waals surface area contributed by atoms with Crippen LogP contribution >= 0.6 is 0 Å². The zero-order valence-electron chi connectivity index (χ0n) is 24.2. The molecule has 0 amide bonds. The van der Waals surface area contributed by atoms with Crippen molar-refractivity contribution in [2.45, 2.75) is 44.1 Å². The maximum atomic E-state index is 13.8. The summed E-state index contributed by atoms with van der Waals surface area (Å²) in [4.78, 5) is 4.57. The molecule has 2 heterocycles. The number of halogens is 6. The molecule has 0 unspecified atom stereocenters. The number of rotatable bonds is 7. The molecule has 0 atom stereocenters. The van der Waals surface area contributed by atoms with Crippen LogP contribution in [0.4, 0.5) is 26.3 Å². The highest BCUT2D eigenvalue weighted by Crippen LogP contribution is 2.41. The minimum absolute atomic E-state index is 0.0637. The first-order valence-electron chi connectivity index (χ1n) is 13.4. The fourth-order valence-electron chi connectivity index (χ4n) is 4.75. The maximum Gasteiger partial charge on any atom is 0.573 e. The van der Waals surface area contributed by atoms with Crippen molar-refractivity contribution in [2.24, 2.45) is 0 Å². The molecular weight excluding hydrogens is 624 g/mol. The highest BCUT2D eigenvalue weighted by molar-refractivity contribution is 7.90. The lowest BCUT2D eigenvalue weighted by Crippen LogP contribution is -2.16. The van der Waals surface area contributed by atoms with Gasteiger partial charge in [0.05, 0.1) is 10.6 Å². The fraction of sp³-hybridized carbons (Fsp3) is 0.226. The van der Waals surface area contributed by atoms with E-state index in [1.807, 2.05) is 0 Å². The Morgan fingerprint density at radius 3 is 2.11 bits per heavy atom. The molecule has 0 fully saturated rings. The zero-order valence-corrected chi connectivity index (χ0v) is 25.0. The van der Waals surface area contributed by atoms with Crippen LogP contribution < -0.4 is 4.74 Å². The highest BCUT2D eigenvalue weighted by atomic mass is 32.2. The normalized spacial score (nSPS) is 12.6. The van der Waals surface area contributed by atoms with Crippen LogP contribution in [0.5, 0.6) is 5.75 Å². The van der Waals surface area contributed by atoms with Gasteiger partial charge in [0, 0.05) is 30.0 Å². The average molecular weight is 650 g/mol. The van der Waals surface area contributed by atoms with E-state index in [-0.39, 0.29) is 45.1 Å². The van der Waals surface area contributed by atoms with Crippen LogP contribution in [0.2, 0.25) is 0 Å². The second-order valence-electron chi connectivity index (χ2n) is 10.5. The topological polar surface area (TPSA) is 87.2 Å². The number of oxazole rings is 1. The second kappa shape index (κ2) is 11.4. The Labute approximate surface area is 254 Å². The predicted molar refractivity (Wildman–Crippen MR) is 154 cm³/mol. The standard InChI is InChI=1S/C31H25F6N3O4S/c1-17(2)26-16-27(30(32,33)34)39-40(26)25-13-10-21(20-6-5-7-23(14-20)45(4,41)42)15-24(25)28-29(43-18(3)38-28)19-8-11-22(12-9-19)44-31(35,36)37/h5-17H,1-4H3. The van der Waals surface area contributed by atoms with Gasteiger partial charge in [-0.1, -0.05) is 32.0 Å². The molecule has 236 valence electrons. The third kappa shape index (κ3) is 6.90. The molecule has 2 aromatic heterocycles. The van der Waals surface area contributed by atoms with Gasteiger partial charge in [0.2, 0.25) is 0 Å². The fourth-order valence-corrected chi connectivity index (χ4v) is 5.41. The summed E-state index contributed by atoms with van der Waals surface area (Å²) in [5.41, 5.74) is 1.14.